The van der Waals surface area contributed by atoms with E-state index in [9.17, 15) is 0 Å². The lowest BCUT2D eigenvalue weighted by atomic mass is 9.76. The topological polar surface area (TPSA) is 81.6 Å². The summed E-state index contributed by atoms with van der Waals surface area (Å²) in [7, 11) is -2.10. The van der Waals surface area contributed by atoms with Crippen molar-refractivity contribution in [2.24, 2.45) is 5.41 Å². The molecule has 1 saturated carbocycles. The molecule has 8 nitrogen and oxygen atoms in total. The summed E-state index contributed by atoms with van der Waals surface area (Å²) < 4.78 is 34.6. The molecule has 0 spiro atoms. The van der Waals surface area contributed by atoms with Crippen LogP contribution in [0.2, 0.25) is 23.3 Å². The van der Waals surface area contributed by atoms with Gasteiger partial charge in [0.25, 0.3) is 0 Å². The van der Waals surface area contributed by atoms with Crippen LogP contribution in [-0.2, 0) is 9.16 Å². The zero-order valence-corrected chi connectivity index (χ0v) is 26.0. The summed E-state index contributed by atoms with van der Waals surface area (Å²) in [4.78, 5) is 15.6. The smallest absolute Gasteiger partial charge is 0.319 e. The highest BCUT2D eigenvalue weighted by Gasteiger charge is 2.46. The summed E-state index contributed by atoms with van der Waals surface area (Å²) in [6.07, 6.45) is 7.24. The van der Waals surface area contributed by atoms with Gasteiger partial charge in [0.15, 0.2) is 19.3 Å². The predicted octanol–water partition coefficient (Wildman–Crippen LogP) is 5.74. The fourth-order valence-electron chi connectivity index (χ4n) is 6.23. The number of piperidine rings is 1. The third kappa shape index (κ3) is 5.77. The van der Waals surface area contributed by atoms with Gasteiger partial charge >= 0.3 is 6.01 Å². The van der Waals surface area contributed by atoms with Gasteiger partial charge in [-0.3, -0.25) is 0 Å². The first-order chi connectivity index (χ1) is 18.3. The van der Waals surface area contributed by atoms with E-state index < -0.39 is 19.7 Å². The summed E-state index contributed by atoms with van der Waals surface area (Å²) in [6.45, 7) is 16.9. The average molecular weight is 580 g/mol. The molecule has 4 heterocycles. The zero-order chi connectivity index (χ0) is 28.1. The van der Waals surface area contributed by atoms with Gasteiger partial charge < -0.3 is 24.1 Å². The van der Waals surface area contributed by atoms with Crippen LogP contribution >= 0.6 is 11.6 Å². The summed E-state index contributed by atoms with van der Waals surface area (Å²) in [5.74, 6) is -0.0962. The van der Waals surface area contributed by atoms with Gasteiger partial charge in [0.05, 0.1) is 30.8 Å². The van der Waals surface area contributed by atoms with Crippen LogP contribution in [0.15, 0.2) is 6.20 Å². The molecule has 0 aromatic carbocycles. The number of nitrogens with zero attached hydrogens (tertiary/aromatic N) is 4. The van der Waals surface area contributed by atoms with Crippen LogP contribution in [0.1, 0.15) is 59.8 Å². The van der Waals surface area contributed by atoms with E-state index in [1.165, 1.54) is 6.42 Å². The standard InChI is InChI=1S/C28H43ClFN5O3Si/c1-26(2,3)39(5,6)38-27(4)16-35(13-14-36-17-27)24-19-15-32-23(29)21(30)22(19)33-25(34-24)37-18-28-10-7-9-20(28)31-12-8-11-28/h15,20,31H,7-14,16-18H2,1-6H3/t20-,27+,28-/m1/s1. The Hall–Kier alpha value is -1.59. The molecule has 0 amide bonds. The molecule has 2 aromatic heterocycles. The first-order valence-corrected chi connectivity index (χ1v) is 17.5. The molecule has 1 aliphatic carbocycles. The summed E-state index contributed by atoms with van der Waals surface area (Å²) >= 11 is 6.09. The number of ether oxygens (including phenoxy) is 2. The maximum absolute atomic E-state index is 15.3. The van der Waals surface area contributed by atoms with Crippen LogP contribution in [0, 0.1) is 11.2 Å². The van der Waals surface area contributed by atoms with Crippen LogP contribution in [-0.4, -0.2) is 74.4 Å². The average Bonchev–Trinajstić information content (AvgIpc) is 3.20. The quantitative estimate of drug-likeness (QED) is 0.343. The molecular weight excluding hydrogens is 537 g/mol. The SMILES string of the molecule is CC(C)(C)[Si](C)(C)O[C@]1(C)COCCN(c2nc(OC[C@@]34CCCN[C@@H]3CCC4)nc3c(F)c(Cl)ncc23)C1. The Kier molecular flexibility index (Phi) is 7.91. The molecule has 3 atom stereocenters. The molecule has 2 saturated heterocycles. The van der Waals surface area contributed by atoms with Crippen molar-refractivity contribution in [1.29, 1.82) is 0 Å². The maximum atomic E-state index is 15.3. The lowest BCUT2D eigenvalue weighted by molar-refractivity contribution is -0.00296. The van der Waals surface area contributed by atoms with Gasteiger partial charge in [-0.2, -0.15) is 9.97 Å². The maximum Gasteiger partial charge on any atom is 0.319 e. The first-order valence-electron chi connectivity index (χ1n) is 14.2. The normalized spacial score (nSPS) is 28.4. The van der Waals surface area contributed by atoms with Crippen molar-refractivity contribution in [2.45, 2.75) is 89.6 Å². The van der Waals surface area contributed by atoms with Crippen molar-refractivity contribution in [1.82, 2.24) is 20.3 Å². The summed E-state index contributed by atoms with van der Waals surface area (Å²) in [5, 5.41) is 4.00. The number of halogens is 2. The third-order valence-corrected chi connectivity index (χ3v) is 14.2. The van der Waals surface area contributed by atoms with Gasteiger partial charge in [-0.05, 0) is 57.3 Å². The van der Waals surface area contributed by atoms with Gasteiger partial charge in [-0.1, -0.05) is 38.8 Å². The van der Waals surface area contributed by atoms with Crippen molar-refractivity contribution in [3.05, 3.63) is 17.2 Å². The Morgan fingerprint density at radius 1 is 1.26 bits per heavy atom. The zero-order valence-electron chi connectivity index (χ0n) is 24.2. The van der Waals surface area contributed by atoms with Crippen molar-refractivity contribution in [3.8, 4) is 6.01 Å². The molecule has 216 valence electrons. The van der Waals surface area contributed by atoms with E-state index in [2.05, 4.69) is 61.0 Å². The molecule has 2 aromatic rings. The van der Waals surface area contributed by atoms with Crippen LogP contribution in [0.25, 0.3) is 10.9 Å². The minimum absolute atomic E-state index is 0.0467. The van der Waals surface area contributed by atoms with Crippen molar-refractivity contribution >= 4 is 36.6 Å². The lowest BCUT2D eigenvalue weighted by Crippen LogP contribution is -2.54. The Balaban J connectivity index is 1.49. The molecule has 3 fully saturated rings. The van der Waals surface area contributed by atoms with Gasteiger partial charge in [-0.15, -0.1) is 0 Å². The van der Waals surface area contributed by atoms with Crippen LogP contribution in [0.4, 0.5) is 10.2 Å². The number of aromatic nitrogens is 3. The molecule has 5 rings (SSSR count). The van der Waals surface area contributed by atoms with Crippen LogP contribution in [0.3, 0.4) is 0 Å². The van der Waals surface area contributed by atoms with Crippen LogP contribution in [0.5, 0.6) is 6.01 Å². The number of fused-ring (bicyclic) bond motifs is 2. The van der Waals surface area contributed by atoms with E-state index in [-0.39, 0.29) is 27.1 Å². The van der Waals surface area contributed by atoms with E-state index in [1.54, 1.807) is 6.20 Å². The molecule has 3 aliphatic rings. The predicted molar refractivity (Wildman–Crippen MR) is 155 cm³/mol. The van der Waals surface area contributed by atoms with Gasteiger partial charge in [-0.25, -0.2) is 9.37 Å². The highest BCUT2D eigenvalue weighted by molar-refractivity contribution is 6.74. The van der Waals surface area contributed by atoms with Crippen molar-refractivity contribution in [3.63, 3.8) is 0 Å². The fourth-order valence-corrected chi connectivity index (χ4v) is 8.03. The highest BCUT2D eigenvalue weighted by Crippen LogP contribution is 2.45. The van der Waals surface area contributed by atoms with Crippen LogP contribution < -0.4 is 15.0 Å². The second-order valence-corrected chi connectivity index (χ2v) is 18.5. The second-order valence-electron chi connectivity index (χ2n) is 13.4. The minimum atomic E-state index is -2.10. The lowest BCUT2D eigenvalue weighted by Gasteiger charge is -2.44. The monoisotopic (exact) mass is 579 g/mol. The molecular formula is C28H43ClFN5O3Si. The third-order valence-electron chi connectivity index (χ3n) is 9.28. The molecule has 11 heteroatoms. The van der Waals surface area contributed by atoms with Crippen molar-refractivity contribution < 1.29 is 18.3 Å². The largest absolute Gasteiger partial charge is 0.463 e. The molecule has 1 N–H and O–H groups in total. The number of anilines is 1. The molecule has 39 heavy (non-hydrogen) atoms. The summed E-state index contributed by atoms with van der Waals surface area (Å²) in [5.41, 5.74) is -0.383. The highest BCUT2D eigenvalue weighted by atomic mass is 35.5. The van der Waals surface area contributed by atoms with E-state index in [0.29, 0.717) is 50.2 Å². The molecule has 0 unspecified atom stereocenters. The number of rotatable bonds is 6. The summed E-state index contributed by atoms with van der Waals surface area (Å²) in [6, 6.07) is 0.610. The number of hydrogen-bond donors (Lipinski definition) is 1. The van der Waals surface area contributed by atoms with E-state index in [4.69, 9.17) is 30.5 Å². The molecule has 0 bridgehead atoms. The van der Waals surface area contributed by atoms with E-state index in [0.717, 1.165) is 32.2 Å². The Bertz CT molecular complexity index is 1210. The number of hydrogen-bond acceptors (Lipinski definition) is 8. The molecule has 0 radical (unpaired) electrons. The first kappa shape index (κ1) is 28.9. The van der Waals surface area contributed by atoms with Gasteiger partial charge in [0.2, 0.25) is 0 Å². The van der Waals surface area contributed by atoms with E-state index in [1.807, 2.05) is 0 Å². The number of pyridine rings is 1. The van der Waals surface area contributed by atoms with Crippen molar-refractivity contribution in [2.75, 3.05) is 44.4 Å². The Morgan fingerprint density at radius 3 is 2.79 bits per heavy atom. The van der Waals surface area contributed by atoms with Gasteiger partial charge in [0.1, 0.15) is 11.3 Å². The van der Waals surface area contributed by atoms with E-state index >= 15 is 4.39 Å². The second kappa shape index (κ2) is 10.7. The molecule has 2 aliphatic heterocycles. The van der Waals surface area contributed by atoms with Gasteiger partial charge in [0, 0.05) is 30.7 Å². The minimum Gasteiger partial charge on any atom is -0.463 e. The fraction of sp³-hybridized carbons (Fsp3) is 0.750. The number of nitrogens with one attached hydrogen (secondary N) is 1. The Morgan fingerprint density at radius 2 is 2.03 bits per heavy atom. The Labute approximate surface area is 237 Å².